The molecular formula is C50H96O6. The maximum atomic E-state index is 12.8. The van der Waals surface area contributed by atoms with Gasteiger partial charge in [-0.05, 0) is 31.1 Å². The fraction of sp³-hybridized carbons (Fsp3) is 0.940. The van der Waals surface area contributed by atoms with Crippen molar-refractivity contribution in [3.05, 3.63) is 0 Å². The molecule has 0 amide bonds. The molecule has 0 heterocycles. The molecule has 0 rings (SSSR count). The van der Waals surface area contributed by atoms with E-state index in [9.17, 15) is 14.4 Å². The molecule has 0 bridgehead atoms. The van der Waals surface area contributed by atoms with Crippen LogP contribution in [0.5, 0.6) is 0 Å². The lowest BCUT2D eigenvalue weighted by Crippen LogP contribution is -2.30. The van der Waals surface area contributed by atoms with E-state index in [4.69, 9.17) is 14.2 Å². The van der Waals surface area contributed by atoms with E-state index in [-0.39, 0.29) is 31.1 Å². The van der Waals surface area contributed by atoms with Gasteiger partial charge in [-0.15, -0.1) is 0 Å². The van der Waals surface area contributed by atoms with Gasteiger partial charge in [-0.25, -0.2) is 0 Å². The van der Waals surface area contributed by atoms with E-state index in [2.05, 4.69) is 34.6 Å². The van der Waals surface area contributed by atoms with Crippen molar-refractivity contribution in [1.29, 1.82) is 0 Å². The summed E-state index contributed by atoms with van der Waals surface area (Å²) in [6.07, 6.45) is 42.3. The number of esters is 3. The maximum absolute atomic E-state index is 12.8. The molecule has 6 heteroatoms. The van der Waals surface area contributed by atoms with Gasteiger partial charge in [0.05, 0.1) is 0 Å². The Morgan fingerprint density at radius 2 is 0.589 bits per heavy atom. The lowest BCUT2D eigenvalue weighted by molar-refractivity contribution is -0.167. The standard InChI is InChI=1S/C50H96O6/c1-6-7-8-9-10-11-12-15-20-25-30-35-40-48(51)54-43-47(44-55-49(52)41-36-31-26-22-17-19-24-29-34-39-46(4)5)56-50(53)42-37-32-27-21-16-13-14-18-23-28-33-38-45(2)3/h45-47H,6-44H2,1-5H3/t47-/m1/s1. The Morgan fingerprint density at radius 3 is 0.875 bits per heavy atom. The van der Waals surface area contributed by atoms with Crippen LogP contribution in [0.4, 0.5) is 0 Å². The van der Waals surface area contributed by atoms with Crippen molar-refractivity contribution in [3.63, 3.8) is 0 Å². The minimum absolute atomic E-state index is 0.0642. The highest BCUT2D eigenvalue weighted by Gasteiger charge is 2.19. The van der Waals surface area contributed by atoms with E-state index < -0.39 is 6.10 Å². The first-order chi connectivity index (χ1) is 27.2. The molecule has 0 unspecified atom stereocenters. The zero-order valence-electron chi connectivity index (χ0n) is 38.3. The Hall–Kier alpha value is -1.59. The van der Waals surface area contributed by atoms with Crippen LogP contribution in [0.25, 0.3) is 0 Å². The van der Waals surface area contributed by atoms with Crippen LogP contribution in [-0.2, 0) is 28.6 Å². The third-order valence-electron chi connectivity index (χ3n) is 11.2. The molecule has 1 atom stereocenters. The van der Waals surface area contributed by atoms with E-state index in [1.807, 2.05) is 0 Å². The van der Waals surface area contributed by atoms with Crippen LogP contribution in [0.15, 0.2) is 0 Å². The number of hydrogen-bond acceptors (Lipinski definition) is 6. The molecule has 0 fully saturated rings. The number of hydrogen-bond donors (Lipinski definition) is 0. The second-order valence-corrected chi connectivity index (χ2v) is 18.1. The number of unbranched alkanes of at least 4 members (excludes halogenated alkanes) is 29. The number of carbonyl (C=O) groups is 3. The number of carbonyl (C=O) groups excluding carboxylic acids is 3. The summed E-state index contributed by atoms with van der Waals surface area (Å²) in [6.45, 7) is 11.3. The summed E-state index contributed by atoms with van der Waals surface area (Å²) in [7, 11) is 0. The first kappa shape index (κ1) is 54.4. The zero-order valence-corrected chi connectivity index (χ0v) is 38.3. The molecule has 56 heavy (non-hydrogen) atoms. The summed E-state index contributed by atoms with van der Waals surface area (Å²) >= 11 is 0. The fourth-order valence-corrected chi connectivity index (χ4v) is 7.46. The third kappa shape index (κ3) is 43.5. The van der Waals surface area contributed by atoms with Crippen LogP contribution in [-0.4, -0.2) is 37.2 Å². The normalized spacial score (nSPS) is 12.1. The molecule has 0 aromatic rings. The molecule has 0 aromatic carbocycles. The Kier molecular flexibility index (Phi) is 41.8. The molecule has 0 aliphatic rings. The lowest BCUT2D eigenvalue weighted by atomic mass is 10.0. The van der Waals surface area contributed by atoms with Crippen molar-refractivity contribution in [3.8, 4) is 0 Å². The quantitative estimate of drug-likeness (QED) is 0.0347. The van der Waals surface area contributed by atoms with E-state index in [0.29, 0.717) is 19.3 Å². The largest absolute Gasteiger partial charge is 0.462 e. The van der Waals surface area contributed by atoms with Crippen molar-refractivity contribution in [1.82, 2.24) is 0 Å². The first-order valence-electron chi connectivity index (χ1n) is 24.7. The van der Waals surface area contributed by atoms with Crippen molar-refractivity contribution < 1.29 is 28.6 Å². The van der Waals surface area contributed by atoms with Gasteiger partial charge in [0.1, 0.15) is 13.2 Å². The molecule has 0 radical (unpaired) electrons. The predicted molar refractivity (Wildman–Crippen MR) is 238 cm³/mol. The van der Waals surface area contributed by atoms with Gasteiger partial charge in [0, 0.05) is 19.3 Å². The maximum Gasteiger partial charge on any atom is 0.306 e. The molecular weight excluding hydrogens is 697 g/mol. The Labute approximate surface area is 348 Å². The number of rotatable bonds is 44. The van der Waals surface area contributed by atoms with Gasteiger partial charge in [-0.1, -0.05) is 234 Å². The van der Waals surface area contributed by atoms with Gasteiger partial charge >= 0.3 is 17.9 Å². The van der Waals surface area contributed by atoms with Crippen molar-refractivity contribution >= 4 is 17.9 Å². The minimum atomic E-state index is -0.761. The average Bonchev–Trinajstić information content (AvgIpc) is 3.16. The van der Waals surface area contributed by atoms with Crippen LogP contribution in [0, 0.1) is 11.8 Å². The summed E-state index contributed by atoms with van der Waals surface area (Å²) in [6, 6.07) is 0. The van der Waals surface area contributed by atoms with Gasteiger partial charge in [-0.3, -0.25) is 14.4 Å². The summed E-state index contributed by atoms with van der Waals surface area (Å²) < 4.78 is 16.8. The zero-order chi connectivity index (χ0) is 41.2. The van der Waals surface area contributed by atoms with E-state index in [1.54, 1.807) is 0 Å². The van der Waals surface area contributed by atoms with Crippen LogP contribution >= 0.6 is 0 Å². The highest BCUT2D eigenvalue weighted by Crippen LogP contribution is 2.17. The van der Waals surface area contributed by atoms with E-state index in [0.717, 1.165) is 69.6 Å². The summed E-state index contributed by atoms with van der Waals surface area (Å²) in [4.78, 5) is 37.8. The van der Waals surface area contributed by atoms with Crippen molar-refractivity contribution in [2.45, 2.75) is 278 Å². The summed E-state index contributed by atoms with van der Waals surface area (Å²) in [5.74, 6) is 0.781. The highest BCUT2D eigenvalue weighted by molar-refractivity contribution is 5.71. The lowest BCUT2D eigenvalue weighted by Gasteiger charge is -2.18. The Bertz CT molecular complexity index is 854. The fourth-order valence-electron chi connectivity index (χ4n) is 7.46. The average molecular weight is 793 g/mol. The number of ether oxygens (including phenoxy) is 3. The van der Waals surface area contributed by atoms with Crippen molar-refractivity contribution in [2.24, 2.45) is 11.8 Å². The predicted octanol–water partition coefficient (Wildman–Crippen LogP) is 15.8. The van der Waals surface area contributed by atoms with Crippen LogP contribution in [0.3, 0.4) is 0 Å². The Morgan fingerprint density at radius 1 is 0.339 bits per heavy atom. The molecule has 0 aliphatic carbocycles. The molecule has 6 nitrogen and oxygen atoms in total. The topological polar surface area (TPSA) is 78.9 Å². The molecule has 0 aromatic heterocycles. The monoisotopic (exact) mass is 793 g/mol. The van der Waals surface area contributed by atoms with E-state index in [1.165, 1.54) is 161 Å². The van der Waals surface area contributed by atoms with Crippen molar-refractivity contribution in [2.75, 3.05) is 13.2 Å². The van der Waals surface area contributed by atoms with Gasteiger partial charge in [0.25, 0.3) is 0 Å². The SMILES string of the molecule is CCCCCCCCCCCCCCC(=O)OC[C@H](COC(=O)CCCCCCCCCCCC(C)C)OC(=O)CCCCCCCCCCCCCC(C)C. The Balaban J connectivity index is 4.33. The minimum Gasteiger partial charge on any atom is -0.462 e. The first-order valence-corrected chi connectivity index (χ1v) is 24.7. The van der Waals surface area contributed by atoms with E-state index >= 15 is 0 Å². The molecule has 0 saturated carbocycles. The molecule has 0 N–H and O–H groups in total. The molecule has 0 saturated heterocycles. The summed E-state index contributed by atoms with van der Waals surface area (Å²) in [5, 5.41) is 0. The molecule has 0 spiro atoms. The van der Waals surface area contributed by atoms with Crippen LogP contribution in [0.1, 0.15) is 272 Å². The van der Waals surface area contributed by atoms with Crippen LogP contribution in [0.2, 0.25) is 0 Å². The van der Waals surface area contributed by atoms with Gasteiger partial charge in [0.15, 0.2) is 6.10 Å². The van der Waals surface area contributed by atoms with Gasteiger partial charge in [-0.2, -0.15) is 0 Å². The molecule has 332 valence electrons. The van der Waals surface area contributed by atoms with Crippen LogP contribution < -0.4 is 0 Å². The second-order valence-electron chi connectivity index (χ2n) is 18.1. The third-order valence-corrected chi connectivity index (χ3v) is 11.2. The van der Waals surface area contributed by atoms with Gasteiger partial charge in [0.2, 0.25) is 0 Å². The molecule has 0 aliphatic heterocycles. The second kappa shape index (κ2) is 43.0. The summed E-state index contributed by atoms with van der Waals surface area (Å²) in [5.41, 5.74) is 0. The highest BCUT2D eigenvalue weighted by atomic mass is 16.6. The smallest absolute Gasteiger partial charge is 0.306 e. The van der Waals surface area contributed by atoms with Gasteiger partial charge < -0.3 is 14.2 Å².